The largest absolute Gasteiger partial charge is 0.496 e. The van der Waals surface area contributed by atoms with Gasteiger partial charge in [-0.1, -0.05) is 30.3 Å². The lowest BCUT2D eigenvalue weighted by Crippen LogP contribution is -2.38. The molecule has 0 spiro atoms. The summed E-state index contributed by atoms with van der Waals surface area (Å²) in [6, 6.07) is 13.1. The molecule has 2 aromatic rings. The van der Waals surface area contributed by atoms with Crippen LogP contribution in [0.1, 0.15) is 12.5 Å². The molecule has 0 heterocycles. The molecule has 0 fully saturated rings. The molecule has 0 aliphatic carbocycles. The molecule has 0 unspecified atom stereocenters. The van der Waals surface area contributed by atoms with E-state index < -0.39 is 15.7 Å². The van der Waals surface area contributed by atoms with Crippen LogP contribution < -0.4 is 15.4 Å². The van der Waals surface area contributed by atoms with E-state index in [2.05, 4.69) is 15.6 Å². The molecule has 0 bridgehead atoms. The number of para-hydroxylation sites is 1. The van der Waals surface area contributed by atoms with E-state index in [0.717, 1.165) is 23.8 Å². The molecule has 29 heavy (non-hydrogen) atoms. The van der Waals surface area contributed by atoms with Gasteiger partial charge in [-0.3, -0.25) is 4.99 Å². The van der Waals surface area contributed by atoms with Crippen LogP contribution in [0.25, 0.3) is 0 Å². The van der Waals surface area contributed by atoms with Crippen LogP contribution >= 0.6 is 24.0 Å². The summed E-state index contributed by atoms with van der Waals surface area (Å²) in [5.41, 5.74) is 1.07. The predicted octanol–water partition coefficient (Wildman–Crippen LogP) is 3.02. The topological polar surface area (TPSA) is 79.8 Å². The van der Waals surface area contributed by atoms with Crippen LogP contribution in [0, 0.1) is 5.82 Å². The average molecular weight is 535 g/mol. The number of benzene rings is 2. The van der Waals surface area contributed by atoms with Crippen LogP contribution in [-0.2, 0) is 16.3 Å². The van der Waals surface area contributed by atoms with Gasteiger partial charge in [0, 0.05) is 13.1 Å². The van der Waals surface area contributed by atoms with Crippen molar-refractivity contribution in [2.75, 3.05) is 32.5 Å². The Bertz CT molecular complexity index is 907. The van der Waals surface area contributed by atoms with Gasteiger partial charge in [0.1, 0.15) is 16.5 Å². The fourth-order valence-electron chi connectivity index (χ4n) is 2.65. The summed E-state index contributed by atoms with van der Waals surface area (Å²) in [6.07, 6.45) is 0.724. The van der Waals surface area contributed by atoms with Crippen molar-refractivity contribution >= 4 is 39.8 Å². The third-order valence-electron chi connectivity index (χ3n) is 4.03. The molecule has 0 aromatic heterocycles. The first kappa shape index (κ1) is 25.2. The van der Waals surface area contributed by atoms with E-state index >= 15 is 0 Å². The zero-order chi connectivity index (χ0) is 20.4. The van der Waals surface area contributed by atoms with Gasteiger partial charge in [0.25, 0.3) is 0 Å². The second-order valence-corrected chi connectivity index (χ2v) is 8.08. The third-order valence-corrected chi connectivity index (χ3v) is 5.75. The number of methoxy groups -OCH3 is 1. The second kappa shape index (κ2) is 12.6. The van der Waals surface area contributed by atoms with E-state index in [0.29, 0.717) is 19.0 Å². The molecule has 0 aliphatic heterocycles. The van der Waals surface area contributed by atoms with Gasteiger partial charge in [0.05, 0.1) is 19.4 Å². The van der Waals surface area contributed by atoms with Gasteiger partial charge < -0.3 is 15.4 Å². The first-order valence-corrected chi connectivity index (χ1v) is 10.7. The molecule has 0 atom stereocenters. The molecule has 2 aromatic carbocycles. The van der Waals surface area contributed by atoms with Gasteiger partial charge in [0.2, 0.25) is 0 Å². The Morgan fingerprint density at radius 1 is 1.10 bits per heavy atom. The molecule has 2 N–H and O–H groups in total. The van der Waals surface area contributed by atoms with Crippen LogP contribution in [0.3, 0.4) is 0 Å². The molecule has 6 nitrogen and oxygen atoms in total. The van der Waals surface area contributed by atoms with Crippen molar-refractivity contribution in [3.05, 3.63) is 59.9 Å². The minimum absolute atomic E-state index is 0. The third kappa shape index (κ3) is 7.81. The van der Waals surface area contributed by atoms with Crippen molar-refractivity contribution in [3.63, 3.8) is 0 Å². The number of rotatable bonds is 9. The van der Waals surface area contributed by atoms with E-state index in [9.17, 15) is 12.8 Å². The SMILES string of the molecule is CCNC(=NCCS(=O)(=O)c1ccccc1F)NCCc1ccccc1OC.I. The van der Waals surface area contributed by atoms with Gasteiger partial charge in [-0.2, -0.15) is 0 Å². The van der Waals surface area contributed by atoms with Crippen molar-refractivity contribution in [2.24, 2.45) is 4.99 Å². The van der Waals surface area contributed by atoms with E-state index in [1.807, 2.05) is 31.2 Å². The van der Waals surface area contributed by atoms with Gasteiger partial charge >= 0.3 is 0 Å². The maximum absolute atomic E-state index is 13.7. The van der Waals surface area contributed by atoms with Crippen molar-refractivity contribution in [2.45, 2.75) is 18.2 Å². The summed E-state index contributed by atoms with van der Waals surface area (Å²) >= 11 is 0. The Hall–Kier alpha value is -1.88. The summed E-state index contributed by atoms with van der Waals surface area (Å²) < 4.78 is 43.7. The van der Waals surface area contributed by atoms with Crippen molar-refractivity contribution < 1.29 is 17.5 Å². The first-order valence-electron chi connectivity index (χ1n) is 9.09. The van der Waals surface area contributed by atoms with Crippen molar-refractivity contribution in [3.8, 4) is 5.75 Å². The van der Waals surface area contributed by atoms with Gasteiger partial charge in [-0.15, -0.1) is 24.0 Å². The average Bonchev–Trinajstić information content (AvgIpc) is 2.68. The molecular formula is C20H27FIN3O3S. The van der Waals surface area contributed by atoms with E-state index in [-0.39, 0.29) is 41.2 Å². The molecular weight excluding hydrogens is 508 g/mol. The standard InChI is InChI=1S/C20H26FN3O3S.HI/c1-3-22-20(23-13-12-16-8-4-6-10-18(16)27-2)24-14-15-28(25,26)19-11-7-5-9-17(19)21;/h4-11H,3,12-15H2,1-2H3,(H2,22,23,24);1H. The zero-order valence-electron chi connectivity index (χ0n) is 16.5. The van der Waals surface area contributed by atoms with E-state index in [1.165, 1.54) is 18.2 Å². The highest BCUT2D eigenvalue weighted by Crippen LogP contribution is 2.17. The molecule has 0 amide bonds. The number of nitrogens with one attached hydrogen (secondary N) is 2. The Morgan fingerprint density at radius 2 is 1.79 bits per heavy atom. The Kier molecular flexibility index (Phi) is 11.0. The quantitative estimate of drug-likeness (QED) is 0.293. The van der Waals surface area contributed by atoms with Crippen molar-refractivity contribution in [1.29, 1.82) is 0 Å². The van der Waals surface area contributed by atoms with Crippen LogP contribution in [0.4, 0.5) is 4.39 Å². The van der Waals surface area contributed by atoms with Crippen LogP contribution in [-0.4, -0.2) is 46.9 Å². The predicted molar refractivity (Wildman–Crippen MR) is 125 cm³/mol. The number of aliphatic imine (C=N–C) groups is 1. The number of ether oxygens (including phenoxy) is 1. The Labute approximate surface area is 188 Å². The Morgan fingerprint density at radius 3 is 2.48 bits per heavy atom. The molecule has 9 heteroatoms. The number of sulfone groups is 1. The fourth-order valence-corrected chi connectivity index (χ4v) is 3.85. The number of halogens is 2. The summed E-state index contributed by atoms with van der Waals surface area (Å²) in [5, 5.41) is 6.25. The molecule has 0 saturated heterocycles. The second-order valence-electron chi connectivity index (χ2n) is 6.00. The van der Waals surface area contributed by atoms with E-state index in [4.69, 9.17) is 4.74 Å². The van der Waals surface area contributed by atoms with Gasteiger partial charge in [-0.05, 0) is 37.1 Å². The number of hydrogen-bond donors (Lipinski definition) is 2. The number of hydrogen-bond acceptors (Lipinski definition) is 4. The minimum atomic E-state index is -3.73. The van der Waals surface area contributed by atoms with Gasteiger partial charge in [-0.25, -0.2) is 12.8 Å². The highest BCUT2D eigenvalue weighted by atomic mass is 127. The van der Waals surface area contributed by atoms with Gasteiger partial charge in [0.15, 0.2) is 15.8 Å². The summed E-state index contributed by atoms with van der Waals surface area (Å²) in [7, 11) is -2.10. The summed E-state index contributed by atoms with van der Waals surface area (Å²) in [6.45, 7) is 3.20. The maximum atomic E-state index is 13.7. The molecule has 160 valence electrons. The highest BCUT2D eigenvalue weighted by Gasteiger charge is 2.18. The Balaban J connectivity index is 0.00000420. The highest BCUT2D eigenvalue weighted by molar-refractivity contribution is 14.0. The monoisotopic (exact) mass is 535 g/mol. The van der Waals surface area contributed by atoms with Crippen LogP contribution in [0.5, 0.6) is 5.75 Å². The lowest BCUT2D eigenvalue weighted by molar-refractivity contribution is 0.409. The van der Waals surface area contributed by atoms with Crippen LogP contribution in [0.2, 0.25) is 0 Å². The minimum Gasteiger partial charge on any atom is -0.496 e. The molecule has 0 aliphatic rings. The van der Waals surface area contributed by atoms with E-state index in [1.54, 1.807) is 7.11 Å². The lowest BCUT2D eigenvalue weighted by atomic mass is 10.1. The molecule has 2 rings (SSSR count). The summed E-state index contributed by atoms with van der Waals surface area (Å²) in [4.78, 5) is 4.00. The normalized spacial score (nSPS) is 11.5. The molecule has 0 saturated carbocycles. The van der Waals surface area contributed by atoms with Crippen molar-refractivity contribution in [1.82, 2.24) is 10.6 Å². The number of nitrogens with zero attached hydrogens (tertiary/aromatic N) is 1. The first-order chi connectivity index (χ1) is 13.5. The summed E-state index contributed by atoms with van der Waals surface area (Å²) in [5.74, 6) is 0.327. The lowest BCUT2D eigenvalue weighted by Gasteiger charge is -2.13. The smallest absolute Gasteiger partial charge is 0.191 e. The molecule has 0 radical (unpaired) electrons. The van der Waals surface area contributed by atoms with Crippen LogP contribution in [0.15, 0.2) is 58.4 Å². The number of guanidine groups is 1. The zero-order valence-corrected chi connectivity index (χ0v) is 19.7. The maximum Gasteiger partial charge on any atom is 0.191 e. The fraction of sp³-hybridized carbons (Fsp3) is 0.350.